The summed E-state index contributed by atoms with van der Waals surface area (Å²) in [4.78, 5) is 12.3. The maximum atomic E-state index is 5.55. The molecule has 0 aromatic carbocycles. The van der Waals surface area contributed by atoms with E-state index in [-0.39, 0.29) is 24.0 Å². The van der Waals surface area contributed by atoms with Crippen LogP contribution < -0.4 is 10.6 Å². The van der Waals surface area contributed by atoms with Crippen LogP contribution in [0, 0.1) is 0 Å². The van der Waals surface area contributed by atoms with E-state index in [2.05, 4.69) is 46.3 Å². The first kappa shape index (κ1) is 23.9. The van der Waals surface area contributed by atoms with Crippen molar-refractivity contribution in [2.75, 3.05) is 26.7 Å². The molecule has 2 aromatic heterocycles. The molecule has 6 nitrogen and oxygen atoms in total. The van der Waals surface area contributed by atoms with E-state index in [0.29, 0.717) is 18.5 Å². The molecule has 2 aromatic rings. The van der Waals surface area contributed by atoms with Crippen molar-refractivity contribution in [2.24, 2.45) is 4.99 Å². The molecule has 0 aliphatic carbocycles. The Morgan fingerprint density at radius 3 is 2.78 bits per heavy atom. The van der Waals surface area contributed by atoms with Crippen LogP contribution in [0.2, 0.25) is 0 Å². The van der Waals surface area contributed by atoms with Crippen molar-refractivity contribution < 1.29 is 4.42 Å². The molecule has 2 N–H and O–H groups in total. The molecular formula is C19H32IN5OS. The molecule has 1 atom stereocenters. The summed E-state index contributed by atoms with van der Waals surface area (Å²) in [5, 5.41) is 8.77. The maximum Gasteiger partial charge on any atom is 0.236 e. The summed E-state index contributed by atoms with van der Waals surface area (Å²) in [5.41, 5.74) is 0.866. The highest BCUT2D eigenvalue weighted by Crippen LogP contribution is 2.23. The lowest BCUT2D eigenvalue weighted by Gasteiger charge is -2.21. The van der Waals surface area contributed by atoms with Gasteiger partial charge in [-0.25, -0.2) is 4.98 Å². The number of halogens is 1. The van der Waals surface area contributed by atoms with E-state index >= 15 is 0 Å². The van der Waals surface area contributed by atoms with Crippen molar-refractivity contribution in [1.29, 1.82) is 0 Å². The van der Waals surface area contributed by atoms with Gasteiger partial charge in [-0.05, 0) is 50.8 Å². The van der Waals surface area contributed by atoms with Gasteiger partial charge >= 0.3 is 0 Å². The summed E-state index contributed by atoms with van der Waals surface area (Å²) in [6.45, 7) is 10.6. The fraction of sp³-hybridized carbons (Fsp3) is 0.579. The number of hydrogen-bond donors (Lipinski definition) is 2. The van der Waals surface area contributed by atoms with Gasteiger partial charge in [0.15, 0.2) is 5.96 Å². The Morgan fingerprint density at radius 1 is 1.37 bits per heavy atom. The summed E-state index contributed by atoms with van der Waals surface area (Å²) >= 11 is 1.62. The zero-order chi connectivity index (χ0) is 18.8. The fourth-order valence-corrected chi connectivity index (χ4v) is 3.39. The van der Waals surface area contributed by atoms with Crippen LogP contribution in [0.25, 0.3) is 10.8 Å². The van der Waals surface area contributed by atoms with Gasteiger partial charge in [-0.1, -0.05) is 19.9 Å². The van der Waals surface area contributed by atoms with Crippen molar-refractivity contribution in [3.05, 3.63) is 29.5 Å². The molecule has 27 heavy (non-hydrogen) atoms. The number of aliphatic imine (C=N–C) groups is 1. The van der Waals surface area contributed by atoms with E-state index in [0.717, 1.165) is 42.6 Å². The third-order valence-corrected chi connectivity index (χ3v) is 5.19. The van der Waals surface area contributed by atoms with Crippen molar-refractivity contribution >= 4 is 41.3 Å². The van der Waals surface area contributed by atoms with E-state index < -0.39 is 0 Å². The monoisotopic (exact) mass is 505 g/mol. The first-order valence-electron chi connectivity index (χ1n) is 9.34. The second-order valence-electron chi connectivity index (χ2n) is 6.26. The lowest BCUT2D eigenvalue weighted by atomic mass is 10.2. The molecule has 0 bridgehead atoms. The summed E-state index contributed by atoms with van der Waals surface area (Å²) < 4.78 is 5.55. The second-order valence-corrected chi connectivity index (χ2v) is 7.21. The maximum absolute atomic E-state index is 5.55. The van der Waals surface area contributed by atoms with Crippen LogP contribution in [-0.2, 0) is 6.54 Å². The smallest absolute Gasteiger partial charge is 0.236 e. The zero-order valence-corrected chi connectivity index (χ0v) is 19.8. The third-order valence-electron chi connectivity index (χ3n) is 4.33. The minimum atomic E-state index is 0. The number of nitrogens with one attached hydrogen (secondary N) is 2. The lowest BCUT2D eigenvalue weighted by molar-refractivity contribution is 0.292. The molecule has 1 unspecified atom stereocenters. The average molecular weight is 505 g/mol. The van der Waals surface area contributed by atoms with Gasteiger partial charge < -0.3 is 20.0 Å². The first-order valence-corrected chi connectivity index (χ1v) is 10.2. The molecule has 0 fully saturated rings. The van der Waals surface area contributed by atoms with Crippen LogP contribution in [0.3, 0.4) is 0 Å². The molecule has 2 rings (SSSR count). The molecule has 0 amide bonds. The van der Waals surface area contributed by atoms with Crippen LogP contribution >= 0.6 is 35.3 Å². The molecule has 0 aliphatic heterocycles. The van der Waals surface area contributed by atoms with E-state index in [9.17, 15) is 0 Å². The van der Waals surface area contributed by atoms with Crippen molar-refractivity contribution in [3.8, 4) is 10.8 Å². The van der Waals surface area contributed by atoms with E-state index in [1.54, 1.807) is 24.6 Å². The van der Waals surface area contributed by atoms with E-state index in [1.165, 1.54) is 6.42 Å². The Balaban J connectivity index is 0.00000364. The molecule has 0 saturated carbocycles. The normalized spacial score (nSPS) is 12.7. The van der Waals surface area contributed by atoms with Crippen molar-refractivity contribution in [2.45, 2.75) is 46.2 Å². The Hall–Kier alpha value is -1.13. The largest absolute Gasteiger partial charge is 0.443 e. The lowest BCUT2D eigenvalue weighted by Crippen LogP contribution is -2.42. The van der Waals surface area contributed by atoms with Gasteiger partial charge in [-0.2, -0.15) is 0 Å². The van der Waals surface area contributed by atoms with Gasteiger partial charge in [0.2, 0.25) is 5.89 Å². The van der Waals surface area contributed by atoms with Crippen molar-refractivity contribution in [1.82, 2.24) is 20.5 Å². The van der Waals surface area contributed by atoms with Crippen LogP contribution in [0.1, 0.15) is 39.3 Å². The molecular weight excluding hydrogens is 473 g/mol. The van der Waals surface area contributed by atoms with Gasteiger partial charge in [-0.3, -0.25) is 4.99 Å². The number of hydrogen-bond acceptors (Lipinski definition) is 5. The number of thiophene rings is 1. The van der Waals surface area contributed by atoms with Crippen LogP contribution in [-0.4, -0.2) is 48.6 Å². The predicted octanol–water partition coefficient (Wildman–Crippen LogP) is 4.20. The van der Waals surface area contributed by atoms with E-state index in [4.69, 9.17) is 4.42 Å². The molecule has 0 radical (unpaired) electrons. The average Bonchev–Trinajstić information content (AvgIpc) is 3.33. The first-order chi connectivity index (χ1) is 12.7. The highest BCUT2D eigenvalue weighted by atomic mass is 127. The Labute approximate surface area is 183 Å². The molecule has 2 heterocycles. The number of nitrogens with zero attached hydrogens (tertiary/aromatic N) is 3. The molecule has 152 valence electrons. The standard InChI is InChI=1S/C19H31N5OS.HI/c1-5-24(6-2)11-7-9-15(3)22-19(20-4)21-13-16-14-25-18(23-16)17-10-8-12-26-17;/h8,10,12,14-15H,5-7,9,11,13H2,1-4H3,(H2,20,21,22);1H. The highest BCUT2D eigenvalue weighted by Gasteiger charge is 2.10. The minimum Gasteiger partial charge on any atom is -0.443 e. The summed E-state index contributed by atoms with van der Waals surface area (Å²) in [6.07, 6.45) is 3.99. The topological polar surface area (TPSA) is 65.7 Å². The summed E-state index contributed by atoms with van der Waals surface area (Å²) in [7, 11) is 1.79. The van der Waals surface area contributed by atoms with E-state index in [1.807, 2.05) is 17.5 Å². The SMILES string of the molecule is CCN(CC)CCCC(C)NC(=NC)NCc1coc(-c2cccs2)n1.I. The molecule has 0 aliphatic rings. The summed E-state index contributed by atoms with van der Waals surface area (Å²) in [5.74, 6) is 1.46. The van der Waals surface area contributed by atoms with Gasteiger partial charge in [0.05, 0.1) is 17.1 Å². The molecule has 8 heteroatoms. The molecule has 0 spiro atoms. The van der Waals surface area contributed by atoms with Crippen molar-refractivity contribution in [3.63, 3.8) is 0 Å². The number of guanidine groups is 1. The third kappa shape index (κ3) is 8.18. The van der Waals surface area contributed by atoms with Gasteiger partial charge in [0, 0.05) is 13.1 Å². The second kappa shape index (κ2) is 13.1. The fourth-order valence-electron chi connectivity index (χ4n) is 2.74. The molecule has 0 saturated heterocycles. The highest BCUT2D eigenvalue weighted by molar-refractivity contribution is 14.0. The Kier molecular flexibility index (Phi) is 11.6. The van der Waals surface area contributed by atoms with Gasteiger partial charge in [0.25, 0.3) is 0 Å². The van der Waals surface area contributed by atoms with Crippen LogP contribution in [0.5, 0.6) is 0 Å². The Morgan fingerprint density at radius 2 is 2.15 bits per heavy atom. The summed E-state index contributed by atoms with van der Waals surface area (Å²) in [6, 6.07) is 4.37. The number of oxazole rings is 1. The van der Waals surface area contributed by atoms with Crippen LogP contribution in [0.15, 0.2) is 33.2 Å². The van der Waals surface area contributed by atoms with Gasteiger partial charge in [0.1, 0.15) is 6.26 Å². The minimum absolute atomic E-state index is 0. The predicted molar refractivity (Wildman–Crippen MR) is 125 cm³/mol. The number of rotatable bonds is 10. The quantitative estimate of drug-likeness (QED) is 0.288. The zero-order valence-electron chi connectivity index (χ0n) is 16.7. The van der Waals surface area contributed by atoms with Gasteiger partial charge in [-0.15, -0.1) is 35.3 Å². The van der Waals surface area contributed by atoms with Crippen LogP contribution in [0.4, 0.5) is 0 Å². The Bertz CT molecular complexity index is 655. The number of aromatic nitrogens is 1.